The lowest BCUT2D eigenvalue weighted by Crippen LogP contribution is -2.32. The van der Waals surface area contributed by atoms with Crippen LogP contribution in [0.3, 0.4) is 0 Å². The van der Waals surface area contributed by atoms with E-state index in [-0.39, 0.29) is 12.4 Å². The lowest BCUT2D eigenvalue weighted by atomic mass is 9.77. The van der Waals surface area contributed by atoms with Gasteiger partial charge in [-0.15, -0.1) is 0 Å². The van der Waals surface area contributed by atoms with Crippen molar-refractivity contribution < 1.29 is 23.9 Å². The summed E-state index contributed by atoms with van der Waals surface area (Å²) in [6.07, 6.45) is 0. The van der Waals surface area contributed by atoms with E-state index < -0.39 is 17.9 Å². The second kappa shape index (κ2) is 7.87. The van der Waals surface area contributed by atoms with Crippen LogP contribution in [0.1, 0.15) is 48.2 Å². The zero-order valence-corrected chi connectivity index (χ0v) is 17.9. The Morgan fingerprint density at radius 3 is 2.16 bits per heavy atom. The summed E-state index contributed by atoms with van der Waals surface area (Å²) in [6, 6.07) is 12.8. The summed E-state index contributed by atoms with van der Waals surface area (Å²) in [5.41, 5.74) is 5.23. The van der Waals surface area contributed by atoms with E-state index in [4.69, 9.17) is 9.47 Å². The third-order valence-corrected chi connectivity index (χ3v) is 5.75. The molecule has 0 saturated carbocycles. The molecule has 1 atom stereocenters. The fourth-order valence-electron chi connectivity index (χ4n) is 4.51. The Morgan fingerprint density at radius 1 is 0.903 bits per heavy atom. The first-order valence-electron chi connectivity index (χ1n) is 10.1. The van der Waals surface area contributed by atoms with Gasteiger partial charge in [-0.2, -0.15) is 0 Å². The Morgan fingerprint density at radius 2 is 1.52 bits per heavy atom. The zero-order valence-electron chi connectivity index (χ0n) is 17.9. The quantitative estimate of drug-likeness (QED) is 0.649. The molecule has 1 aliphatic carbocycles. The van der Waals surface area contributed by atoms with E-state index in [9.17, 15) is 14.4 Å². The first kappa shape index (κ1) is 20.6. The Balaban J connectivity index is 2.03. The molecule has 0 radical (unpaired) electrons. The molecule has 31 heavy (non-hydrogen) atoms. The van der Waals surface area contributed by atoms with Crippen LogP contribution in [-0.4, -0.2) is 31.4 Å². The van der Waals surface area contributed by atoms with Gasteiger partial charge in [-0.25, -0.2) is 9.59 Å². The number of esters is 2. The normalized spacial score (nSPS) is 17.2. The summed E-state index contributed by atoms with van der Waals surface area (Å²) in [5.74, 6) is -1.86. The molecule has 6 heteroatoms. The van der Waals surface area contributed by atoms with Gasteiger partial charge in [0.1, 0.15) is 0 Å². The van der Waals surface area contributed by atoms with Crippen LogP contribution in [0.25, 0.3) is 11.1 Å². The number of fused-ring (bicyclic) bond motifs is 3. The predicted octanol–water partition coefficient (Wildman–Crippen LogP) is 3.87. The van der Waals surface area contributed by atoms with Gasteiger partial charge in [0.2, 0.25) is 0 Å². The number of benzene rings is 2. The van der Waals surface area contributed by atoms with Crippen LogP contribution in [0.4, 0.5) is 0 Å². The summed E-state index contributed by atoms with van der Waals surface area (Å²) in [7, 11) is 1.31. The Hall–Kier alpha value is -3.67. The van der Waals surface area contributed by atoms with Crippen molar-refractivity contribution in [1.82, 2.24) is 5.32 Å². The number of carbonyl (C=O) groups excluding carboxylic acids is 3. The van der Waals surface area contributed by atoms with Gasteiger partial charge in [-0.3, -0.25) is 4.79 Å². The molecule has 6 nitrogen and oxygen atoms in total. The van der Waals surface area contributed by atoms with E-state index >= 15 is 0 Å². The van der Waals surface area contributed by atoms with E-state index in [1.807, 2.05) is 24.3 Å². The summed E-state index contributed by atoms with van der Waals surface area (Å²) in [4.78, 5) is 38.9. The highest BCUT2D eigenvalue weighted by Crippen LogP contribution is 2.47. The van der Waals surface area contributed by atoms with Crippen LogP contribution in [0.15, 0.2) is 65.0 Å². The predicted molar refractivity (Wildman–Crippen MR) is 115 cm³/mol. The molecule has 4 rings (SSSR count). The van der Waals surface area contributed by atoms with Gasteiger partial charge in [0.25, 0.3) is 0 Å². The Bertz CT molecular complexity index is 1190. The fraction of sp³-hybridized carbons (Fsp3) is 0.240. The molecule has 1 N–H and O–H groups in total. The van der Waals surface area contributed by atoms with E-state index in [1.165, 1.54) is 7.11 Å². The maximum Gasteiger partial charge on any atom is 0.336 e. The minimum atomic E-state index is -0.735. The summed E-state index contributed by atoms with van der Waals surface area (Å²) < 4.78 is 10.4. The van der Waals surface area contributed by atoms with Crippen molar-refractivity contribution in [3.8, 4) is 11.1 Å². The van der Waals surface area contributed by atoms with Crippen LogP contribution in [0.5, 0.6) is 0 Å². The number of nitrogens with one attached hydrogen (secondary N) is 1. The Kier molecular flexibility index (Phi) is 5.23. The minimum Gasteiger partial charge on any atom is -0.466 e. The number of hydrogen-bond acceptors (Lipinski definition) is 6. The summed E-state index contributed by atoms with van der Waals surface area (Å²) in [6.45, 7) is 5.48. The average Bonchev–Trinajstić information content (AvgIpc) is 3.05. The highest BCUT2D eigenvalue weighted by Gasteiger charge is 2.41. The molecule has 2 aromatic carbocycles. The standard InChI is InChI=1S/C25H23NO5/c1-5-31-25(29)20-14(3)26-13(2)19(24(28)30-4)22(20)17-11-8-12-18-21(17)15-9-6-7-10-16(15)23(18)27/h6-12,22,26H,5H2,1-4H3. The number of carbonyl (C=O) groups is 3. The van der Waals surface area contributed by atoms with Gasteiger partial charge in [0.15, 0.2) is 5.78 Å². The third-order valence-electron chi connectivity index (χ3n) is 5.75. The molecule has 2 aromatic rings. The minimum absolute atomic E-state index is 0.0694. The van der Waals surface area contributed by atoms with Gasteiger partial charge in [0.05, 0.1) is 30.8 Å². The van der Waals surface area contributed by atoms with Gasteiger partial charge in [-0.1, -0.05) is 42.5 Å². The largest absolute Gasteiger partial charge is 0.466 e. The van der Waals surface area contributed by atoms with Crippen LogP contribution in [-0.2, 0) is 19.1 Å². The van der Waals surface area contributed by atoms with Gasteiger partial charge < -0.3 is 14.8 Å². The van der Waals surface area contributed by atoms with Crippen LogP contribution >= 0.6 is 0 Å². The molecule has 0 fully saturated rings. The third kappa shape index (κ3) is 3.15. The molecular weight excluding hydrogens is 394 g/mol. The smallest absolute Gasteiger partial charge is 0.336 e. The topological polar surface area (TPSA) is 81.7 Å². The Labute approximate surface area is 180 Å². The van der Waals surface area contributed by atoms with Gasteiger partial charge in [0, 0.05) is 22.5 Å². The van der Waals surface area contributed by atoms with Crippen molar-refractivity contribution in [3.63, 3.8) is 0 Å². The van der Waals surface area contributed by atoms with E-state index in [2.05, 4.69) is 5.32 Å². The molecule has 1 unspecified atom stereocenters. The molecule has 0 amide bonds. The number of methoxy groups -OCH3 is 1. The maximum atomic E-state index is 13.0. The lowest BCUT2D eigenvalue weighted by molar-refractivity contribution is -0.139. The highest BCUT2D eigenvalue weighted by atomic mass is 16.5. The average molecular weight is 417 g/mol. The first-order chi connectivity index (χ1) is 14.9. The molecule has 0 aromatic heterocycles. The number of rotatable bonds is 4. The molecule has 2 aliphatic rings. The molecule has 0 saturated heterocycles. The number of ketones is 1. The second-order valence-corrected chi connectivity index (χ2v) is 7.49. The van der Waals surface area contributed by atoms with Crippen molar-refractivity contribution in [2.45, 2.75) is 26.7 Å². The van der Waals surface area contributed by atoms with E-state index in [1.54, 1.807) is 39.0 Å². The fourth-order valence-corrected chi connectivity index (χ4v) is 4.51. The lowest BCUT2D eigenvalue weighted by Gasteiger charge is -2.31. The second-order valence-electron chi connectivity index (χ2n) is 7.49. The van der Waals surface area contributed by atoms with E-state index in [0.717, 1.165) is 11.1 Å². The summed E-state index contributed by atoms with van der Waals surface area (Å²) >= 11 is 0. The van der Waals surface area contributed by atoms with Crippen molar-refractivity contribution >= 4 is 17.7 Å². The van der Waals surface area contributed by atoms with Crippen molar-refractivity contribution in [1.29, 1.82) is 0 Å². The SMILES string of the molecule is CCOC(=O)C1=C(C)NC(C)=C(C(=O)OC)C1c1cccc2c1-c1ccccc1C2=O. The molecule has 158 valence electrons. The van der Waals surface area contributed by atoms with Crippen LogP contribution in [0.2, 0.25) is 0 Å². The van der Waals surface area contributed by atoms with Gasteiger partial charge in [-0.05, 0) is 37.5 Å². The molecule has 1 aliphatic heterocycles. The highest BCUT2D eigenvalue weighted by molar-refractivity contribution is 6.22. The van der Waals surface area contributed by atoms with Crippen LogP contribution in [0, 0.1) is 0 Å². The number of allylic oxidation sites excluding steroid dienone is 2. The van der Waals surface area contributed by atoms with Gasteiger partial charge >= 0.3 is 11.9 Å². The zero-order chi connectivity index (χ0) is 22.3. The van der Waals surface area contributed by atoms with Crippen molar-refractivity contribution in [3.05, 3.63) is 81.7 Å². The monoisotopic (exact) mass is 417 g/mol. The van der Waals surface area contributed by atoms with Crippen molar-refractivity contribution in [2.24, 2.45) is 0 Å². The molecular formula is C25H23NO5. The van der Waals surface area contributed by atoms with Crippen LogP contribution < -0.4 is 5.32 Å². The molecule has 1 heterocycles. The maximum absolute atomic E-state index is 13.0. The van der Waals surface area contributed by atoms with Crippen molar-refractivity contribution in [2.75, 3.05) is 13.7 Å². The number of dihydropyridines is 1. The molecule has 0 bridgehead atoms. The van der Waals surface area contributed by atoms with E-state index in [0.29, 0.717) is 39.2 Å². The number of hydrogen-bond donors (Lipinski definition) is 1. The summed E-state index contributed by atoms with van der Waals surface area (Å²) in [5, 5.41) is 3.12. The molecule has 0 spiro atoms. The first-order valence-corrected chi connectivity index (χ1v) is 10.1. The number of ether oxygens (including phenoxy) is 2.